The van der Waals surface area contributed by atoms with Crippen LogP contribution in [0.25, 0.3) is 43.8 Å². The number of aliphatic hydroxyl groups is 2. The molecule has 2 N–H and O–H groups in total. The van der Waals surface area contributed by atoms with Crippen molar-refractivity contribution in [2.45, 2.75) is 11.2 Å². The molecule has 1 aliphatic rings. The van der Waals surface area contributed by atoms with Crippen LogP contribution in [0.3, 0.4) is 0 Å². The number of halogens is 6. The molecule has 60 heavy (non-hydrogen) atoms. The van der Waals surface area contributed by atoms with Crippen LogP contribution in [-0.2, 0) is 11.2 Å². The van der Waals surface area contributed by atoms with E-state index in [4.69, 9.17) is 23.2 Å². The Morgan fingerprint density at radius 1 is 0.350 bits per heavy atom. The standard InChI is InChI=1S/C26H17Br2ClO2.C26H15Br2Cl/c27-18-12-8-16(9-13-18)25(30)20-4-1-2-5-21(20)26(31,17-10-14-19(28)15-11-17)24-22(25)6-3-7-23(24)29;27-18-12-8-16(9-13-18)24-20-4-1-2-5-21(20)25(17-10-14-19(28)15-11-17)26-22(24)6-3-7-23(26)29/h1-15,30-31H;1-15H. The fourth-order valence-corrected chi connectivity index (χ4v) is 10.2. The van der Waals surface area contributed by atoms with Crippen LogP contribution in [0.15, 0.2) is 200 Å². The van der Waals surface area contributed by atoms with Gasteiger partial charge in [0.25, 0.3) is 0 Å². The fourth-order valence-electron chi connectivity index (χ4n) is 8.61. The SMILES string of the molecule is Clc1cccc2c(-c3ccc(Br)cc3)c3ccccc3c(-c3ccc(Br)cc3)c12.OC1(c2ccc(Br)cc2)c2ccccc2C(O)(c2ccc(Br)cc2)c2c(Cl)cccc21. The molecule has 2 unspecified atom stereocenters. The van der Waals surface area contributed by atoms with Crippen molar-refractivity contribution in [1.82, 2.24) is 0 Å². The van der Waals surface area contributed by atoms with Crippen molar-refractivity contribution >= 4 is 108 Å². The van der Waals surface area contributed by atoms with Gasteiger partial charge in [-0.15, -0.1) is 0 Å². The molecule has 0 radical (unpaired) electrons. The van der Waals surface area contributed by atoms with E-state index in [9.17, 15) is 10.2 Å². The molecule has 9 aromatic carbocycles. The van der Waals surface area contributed by atoms with Gasteiger partial charge in [0.1, 0.15) is 11.2 Å². The highest BCUT2D eigenvalue weighted by Crippen LogP contribution is 2.55. The van der Waals surface area contributed by atoms with Gasteiger partial charge < -0.3 is 10.2 Å². The summed E-state index contributed by atoms with van der Waals surface area (Å²) in [5.41, 5.74) is 5.38. The molecule has 9 aromatic rings. The molecule has 0 heterocycles. The van der Waals surface area contributed by atoms with E-state index in [0.29, 0.717) is 38.4 Å². The van der Waals surface area contributed by atoms with E-state index >= 15 is 0 Å². The molecule has 0 fully saturated rings. The van der Waals surface area contributed by atoms with Crippen LogP contribution < -0.4 is 0 Å². The minimum absolute atomic E-state index is 0.396. The quantitative estimate of drug-likeness (QED) is 0.172. The van der Waals surface area contributed by atoms with Crippen LogP contribution in [-0.4, -0.2) is 10.2 Å². The van der Waals surface area contributed by atoms with Gasteiger partial charge in [0.2, 0.25) is 0 Å². The number of hydrogen-bond acceptors (Lipinski definition) is 2. The number of benzene rings is 9. The van der Waals surface area contributed by atoms with Gasteiger partial charge in [-0.25, -0.2) is 0 Å². The second kappa shape index (κ2) is 16.7. The molecule has 2 nitrogen and oxygen atoms in total. The van der Waals surface area contributed by atoms with Gasteiger partial charge in [-0.05, 0) is 121 Å². The predicted molar refractivity (Wildman–Crippen MR) is 263 cm³/mol. The lowest BCUT2D eigenvalue weighted by atomic mass is 9.63. The minimum atomic E-state index is -1.52. The first-order chi connectivity index (χ1) is 29.0. The smallest absolute Gasteiger partial charge is 0.142 e. The lowest BCUT2D eigenvalue weighted by Crippen LogP contribution is -2.44. The summed E-state index contributed by atoms with van der Waals surface area (Å²) in [4.78, 5) is 0. The second-order valence-corrected chi connectivity index (χ2v) is 19.1. The lowest BCUT2D eigenvalue weighted by Gasteiger charge is -2.45. The molecule has 0 amide bonds. The van der Waals surface area contributed by atoms with Gasteiger partial charge >= 0.3 is 0 Å². The Hall–Kier alpha value is -4.08. The molecular weight excluding hydrogens is 1050 g/mol. The van der Waals surface area contributed by atoms with Crippen LogP contribution in [0.4, 0.5) is 0 Å². The Bertz CT molecular complexity index is 3060. The third kappa shape index (κ3) is 7.09. The normalized spacial score (nSPS) is 16.8. The molecule has 0 aromatic heterocycles. The predicted octanol–water partition coefficient (Wildman–Crippen LogP) is 16.3. The summed E-state index contributed by atoms with van der Waals surface area (Å²) >= 11 is 27.6. The van der Waals surface area contributed by atoms with Gasteiger partial charge in [-0.3, -0.25) is 0 Å². The van der Waals surface area contributed by atoms with Crippen LogP contribution in [0.2, 0.25) is 10.0 Å². The Morgan fingerprint density at radius 3 is 1.28 bits per heavy atom. The molecule has 0 saturated heterocycles. The Labute approximate surface area is 392 Å². The highest BCUT2D eigenvalue weighted by molar-refractivity contribution is 9.11. The lowest BCUT2D eigenvalue weighted by molar-refractivity contribution is 0.0748. The monoisotopic (exact) mass is 1070 g/mol. The van der Waals surface area contributed by atoms with Crippen molar-refractivity contribution in [3.05, 3.63) is 243 Å². The van der Waals surface area contributed by atoms with Crippen molar-refractivity contribution in [2.75, 3.05) is 0 Å². The summed E-state index contributed by atoms with van der Waals surface area (Å²) in [5.74, 6) is 0. The van der Waals surface area contributed by atoms with Crippen LogP contribution in [0, 0.1) is 0 Å². The average molecular weight is 1080 g/mol. The van der Waals surface area contributed by atoms with Crippen molar-refractivity contribution in [1.29, 1.82) is 0 Å². The van der Waals surface area contributed by atoms with Crippen molar-refractivity contribution in [3.63, 3.8) is 0 Å². The minimum Gasteiger partial charge on any atom is -0.376 e. The molecule has 1 aliphatic carbocycles. The first-order valence-corrected chi connectivity index (χ1v) is 22.9. The van der Waals surface area contributed by atoms with E-state index in [-0.39, 0.29) is 0 Å². The molecule has 8 heteroatoms. The van der Waals surface area contributed by atoms with E-state index in [1.807, 2.05) is 91.0 Å². The summed E-state index contributed by atoms with van der Waals surface area (Å²) in [6.07, 6.45) is 0. The van der Waals surface area contributed by atoms with Crippen LogP contribution in [0.5, 0.6) is 0 Å². The van der Waals surface area contributed by atoms with E-state index < -0.39 is 11.2 Å². The Balaban J connectivity index is 0.000000154. The number of rotatable bonds is 4. The molecule has 0 bridgehead atoms. The van der Waals surface area contributed by atoms with Gasteiger partial charge in [-0.1, -0.05) is 208 Å². The highest BCUT2D eigenvalue weighted by Gasteiger charge is 2.51. The molecule has 10 rings (SSSR count). The first-order valence-electron chi connectivity index (χ1n) is 19.0. The van der Waals surface area contributed by atoms with Crippen LogP contribution >= 0.6 is 86.9 Å². The molecule has 2 atom stereocenters. The number of fused-ring (bicyclic) bond motifs is 4. The van der Waals surface area contributed by atoms with Crippen molar-refractivity contribution in [3.8, 4) is 22.3 Å². The van der Waals surface area contributed by atoms with Gasteiger partial charge in [-0.2, -0.15) is 0 Å². The van der Waals surface area contributed by atoms with E-state index in [1.54, 1.807) is 12.1 Å². The maximum atomic E-state index is 12.3. The van der Waals surface area contributed by atoms with Gasteiger partial charge in [0.05, 0.1) is 0 Å². The zero-order valence-corrected chi connectivity index (χ0v) is 39.3. The average Bonchev–Trinajstić information content (AvgIpc) is 3.26. The first kappa shape index (κ1) is 41.3. The van der Waals surface area contributed by atoms with Crippen molar-refractivity contribution in [2.24, 2.45) is 0 Å². The topological polar surface area (TPSA) is 40.5 Å². The van der Waals surface area contributed by atoms with Gasteiger partial charge in [0.15, 0.2) is 0 Å². The van der Waals surface area contributed by atoms with E-state index in [1.165, 1.54) is 27.5 Å². The van der Waals surface area contributed by atoms with E-state index in [0.717, 1.165) is 39.2 Å². The molecule has 0 spiro atoms. The third-order valence-corrected chi connectivity index (χ3v) is 14.0. The summed E-state index contributed by atoms with van der Waals surface area (Å²) in [6, 6.07) is 59.7. The van der Waals surface area contributed by atoms with Gasteiger partial charge in [0, 0.05) is 44.4 Å². The Morgan fingerprint density at radius 2 is 0.733 bits per heavy atom. The molecule has 0 saturated carbocycles. The Kier molecular flexibility index (Phi) is 11.5. The second-order valence-electron chi connectivity index (χ2n) is 14.6. The van der Waals surface area contributed by atoms with Crippen molar-refractivity contribution < 1.29 is 10.2 Å². The van der Waals surface area contributed by atoms with Crippen LogP contribution in [0.1, 0.15) is 33.4 Å². The number of hydrogen-bond donors (Lipinski definition) is 2. The van der Waals surface area contributed by atoms with E-state index in [2.05, 4.69) is 143 Å². The largest absolute Gasteiger partial charge is 0.376 e. The molecule has 0 aliphatic heterocycles. The molecular formula is C52H32Br4Cl2O2. The highest BCUT2D eigenvalue weighted by atomic mass is 79.9. The summed E-state index contributed by atoms with van der Waals surface area (Å²) < 4.78 is 3.96. The maximum absolute atomic E-state index is 12.3. The third-order valence-electron chi connectivity index (χ3n) is 11.3. The summed E-state index contributed by atoms with van der Waals surface area (Å²) in [5, 5.41) is 30.5. The maximum Gasteiger partial charge on any atom is 0.142 e. The zero-order chi connectivity index (χ0) is 41.8. The fraction of sp³-hybridized carbons (Fsp3) is 0.0385. The summed E-state index contributed by atoms with van der Waals surface area (Å²) in [6.45, 7) is 0. The zero-order valence-electron chi connectivity index (χ0n) is 31.5. The molecule has 294 valence electrons. The summed E-state index contributed by atoms with van der Waals surface area (Å²) in [7, 11) is 0.